The van der Waals surface area contributed by atoms with Crippen molar-refractivity contribution in [2.75, 3.05) is 0 Å². The molecule has 0 bridgehead atoms. The molecule has 0 aliphatic heterocycles. The van der Waals surface area contributed by atoms with E-state index in [1.807, 2.05) is 23.0 Å². The lowest BCUT2D eigenvalue weighted by atomic mass is 9.99. The summed E-state index contributed by atoms with van der Waals surface area (Å²) in [7, 11) is 0. The van der Waals surface area contributed by atoms with Gasteiger partial charge in [0.25, 0.3) is 0 Å². The predicted molar refractivity (Wildman–Crippen MR) is 71.0 cm³/mol. The predicted octanol–water partition coefficient (Wildman–Crippen LogP) is 3.00. The van der Waals surface area contributed by atoms with Gasteiger partial charge in [-0.05, 0) is 32.4 Å². The summed E-state index contributed by atoms with van der Waals surface area (Å²) >= 11 is 0. The van der Waals surface area contributed by atoms with Crippen molar-refractivity contribution in [1.29, 1.82) is 0 Å². The van der Waals surface area contributed by atoms with Crippen molar-refractivity contribution >= 4 is 5.52 Å². The molecule has 0 aliphatic carbocycles. The van der Waals surface area contributed by atoms with Crippen LogP contribution in [0.3, 0.4) is 0 Å². The Balaban J connectivity index is 2.09. The smallest absolute Gasteiger partial charge is 0.0706 e. The van der Waals surface area contributed by atoms with E-state index < -0.39 is 0 Å². The van der Waals surface area contributed by atoms with Gasteiger partial charge in [-0.1, -0.05) is 19.4 Å². The molecule has 0 radical (unpaired) electrons. The molecule has 0 spiro atoms. The molecule has 2 aromatic rings. The fourth-order valence-electron chi connectivity index (χ4n) is 2.17. The van der Waals surface area contributed by atoms with Crippen LogP contribution in [0.15, 0.2) is 30.6 Å². The van der Waals surface area contributed by atoms with Gasteiger partial charge in [-0.25, -0.2) is 4.52 Å². The highest BCUT2D eigenvalue weighted by Crippen LogP contribution is 2.14. The molecule has 3 heteroatoms. The van der Waals surface area contributed by atoms with E-state index in [0.29, 0.717) is 0 Å². The Kier molecular flexibility index (Phi) is 3.48. The molecule has 17 heavy (non-hydrogen) atoms. The minimum atomic E-state index is 0.192. The molecule has 0 fully saturated rings. The van der Waals surface area contributed by atoms with Crippen LogP contribution >= 0.6 is 0 Å². The first kappa shape index (κ1) is 12.1. The van der Waals surface area contributed by atoms with Crippen molar-refractivity contribution in [3.8, 4) is 0 Å². The third-order valence-electron chi connectivity index (χ3n) is 3.14. The zero-order valence-electron chi connectivity index (χ0n) is 10.9. The molecular formula is C14H21N3. The fraction of sp³-hybridized carbons (Fsp3) is 0.500. The van der Waals surface area contributed by atoms with Crippen LogP contribution in [0.25, 0.3) is 5.52 Å². The van der Waals surface area contributed by atoms with E-state index in [1.165, 1.54) is 23.9 Å². The lowest BCUT2D eigenvalue weighted by Crippen LogP contribution is -2.38. The highest BCUT2D eigenvalue weighted by molar-refractivity contribution is 5.53. The van der Waals surface area contributed by atoms with Gasteiger partial charge in [0.05, 0.1) is 11.7 Å². The molecule has 2 rings (SSSR count). The number of fused-ring (bicyclic) bond motifs is 1. The van der Waals surface area contributed by atoms with Gasteiger partial charge in [0.2, 0.25) is 0 Å². The van der Waals surface area contributed by atoms with Crippen LogP contribution in [0, 0.1) is 0 Å². The molecule has 92 valence electrons. The largest absolute Gasteiger partial charge is 0.308 e. The maximum absolute atomic E-state index is 4.34. The minimum Gasteiger partial charge on any atom is -0.308 e. The average molecular weight is 231 g/mol. The van der Waals surface area contributed by atoms with Crippen LogP contribution in [-0.4, -0.2) is 15.2 Å². The van der Waals surface area contributed by atoms with Gasteiger partial charge in [-0.2, -0.15) is 5.10 Å². The van der Waals surface area contributed by atoms with Crippen molar-refractivity contribution in [3.05, 3.63) is 36.2 Å². The van der Waals surface area contributed by atoms with Gasteiger partial charge in [0.15, 0.2) is 0 Å². The summed E-state index contributed by atoms with van der Waals surface area (Å²) < 4.78 is 1.92. The number of nitrogens with one attached hydrogen (secondary N) is 1. The maximum atomic E-state index is 4.34. The van der Waals surface area contributed by atoms with Crippen LogP contribution in [0.5, 0.6) is 0 Å². The first-order valence-corrected chi connectivity index (χ1v) is 6.29. The normalized spacial score (nSPS) is 12.2. The Morgan fingerprint density at radius 1 is 1.35 bits per heavy atom. The molecule has 3 nitrogen and oxygen atoms in total. The molecule has 0 saturated carbocycles. The van der Waals surface area contributed by atoms with E-state index in [4.69, 9.17) is 0 Å². The van der Waals surface area contributed by atoms with Gasteiger partial charge in [-0.3, -0.25) is 0 Å². The highest BCUT2D eigenvalue weighted by atomic mass is 15.2. The Bertz CT molecular complexity index is 485. The molecule has 0 unspecified atom stereocenters. The maximum Gasteiger partial charge on any atom is 0.0706 e. The summed E-state index contributed by atoms with van der Waals surface area (Å²) in [5, 5.41) is 7.94. The first-order valence-electron chi connectivity index (χ1n) is 6.29. The standard InChI is InChI=1S/C14H21N3/c1-4-8-14(2,3)15-10-12-11-16-17-9-6-5-7-13(12)17/h5-7,9,11,15H,4,8,10H2,1-3H3. The van der Waals surface area contributed by atoms with Crippen molar-refractivity contribution < 1.29 is 0 Å². The van der Waals surface area contributed by atoms with E-state index in [9.17, 15) is 0 Å². The summed E-state index contributed by atoms with van der Waals surface area (Å²) in [6.45, 7) is 7.60. The van der Waals surface area contributed by atoms with E-state index in [-0.39, 0.29) is 5.54 Å². The van der Waals surface area contributed by atoms with Crippen molar-refractivity contribution in [2.45, 2.75) is 45.7 Å². The number of aromatic nitrogens is 2. The van der Waals surface area contributed by atoms with Crippen LogP contribution in [0.2, 0.25) is 0 Å². The molecule has 2 aromatic heterocycles. The zero-order valence-corrected chi connectivity index (χ0v) is 10.9. The van der Waals surface area contributed by atoms with Gasteiger partial charge in [0.1, 0.15) is 0 Å². The van der Waals surface area contributed by atoms with Gasteiger partial charge < -0.3 is 5.32 Å². The molecule has 0 amide bonds. The topological polar surface area (TPSA) is 29.3 Å². The van der Waals surface area contributed by atoms with Crippen LogP contribution < -0.4 is 5.32 Å². The minimum absolute atomic E-state index is 0.192. The molecule has 0 aliphatic rings. The number of nitrogens with zero attached hydrogens (tertiary/aromatic N) is 2. The lowest BCUT2D eigenvalue weighted by molar-refractivity contribution is 0.357. The van der Waals surface area contributed by atoms with E-state index >= 15 is 0 Å². The Morgan fingerprint density at radius 3 is 2.94 bits per heavy atom. The summed E-state index contributed by atoms with van der Waals surface area (Å²) in [5.74, 6) is 0. The average Bonchev–Trinajstić information content (AvgIpc) is 2.70. The third-order valence-corrected chi connectivity index (χ3v) is 3.14. The van der Waals surface area contributed by atoms with Crippen LogP contribution in [0.4, 0.5) is 0 Å². The van der Waals surface area contributed by atoms with Crippen molar-refractivity contribution in [1.82, 2.24) is 14.9 Å². The van der Waals surface area contributed by atoms with Crippen molar-refractivity contribution in [2.24, 2.45) is 0 Å². The van der Waals surface area contributed by atoms with Gasteiger partial charge in [-0.15, -0.1) is 0 Å². The van der Waals surface area contributed by atoms with Crippen LogP contribution in [-0.2, 0) is 6.54 Å². The second kappa shape index (κ2) is 4.88. The number of hydrogen-bond donors (Lipinski definition) is 1. The van der Waals surface area contributed by atoms with E-state index in [1.54, 1.807) is 0 Å². The lowest BCUT2D eigenvalue weighted by Gasteiger charge is -2.25. The molecule has 0 atom stereocenters. The summed E-state index contributed by atoms with van der Waals surface area (Å²) in [4.78, 5) is 0. The Labute approximate surface area is 103 Å². The molecular weight excluding hydrogens is 210 g/mol. The quantitative estimate of drug-likeness (QED) is 0.857. The van der Waals surface area contributed by atoms with Gasteiger partial charge in [0, 0.05) is 23.8 Å². The third kappa shape index (κ3) is 2.86. The molecule has 0 aromatic carbocycles. The summed E-state index contributed by atoms with van der Waals surface area (Å²) in [6.07, 6.45) is 6.32. The summed E-state index contributed by atoms with van der Waals surface area (Å²) in [5.41, 5.74) is 2.64. The first-order chi connectivity index (χ1) is 8.12. The van der Waals surface area contributed by atoms with E-state index in [0.717, 1.165) is 6.54 Å². The second-order valence-electron chi connectivity index (χ2n) is 5.19. The second-order valence-corrected chi connectivity index (χ2v) is 5.19. The van der Waals surface area contributed by atoms with Crippen LogP contribution in [0.1, 0.15) is 39.2 Å². The molecule has 2 heterocycles. The Morgan fingerprint density at radius 2 is 2.18 bits per heavy atom. The highest BCUT2D eigenvalue weighted by Gasteiger charge is 2.16. The monoisotopic (exact) mass is 231 g/mol. The number of rotatable bonds is 5. The van der Waals surface area contributed by atoms with Gasteiger partial charge >= 0.3 is 0 Å². The molecule has 0 saturated heterocycles. The summed E-state index contributed by atoms with van der Waals surface area (Å²) in [6, 6.07) is 6.16. The van der Waals surface area contributed by atoms with E-state index in [2.05, 4.69) is 43.3 Å². The SMILES string of the molecule is CCCC(C)(C)NCc1cnn2ccccc12. The fourth-order valence-corrected chi connectivity index (χ4v) is 2.17. The number of hydrogen-bond acceptors (Lipinski definition) is 2. The molecule has 1 N–H and O–H groups in total. The zero-order chi connectivity index (χ0) is 12.3. The Hall–Kier alpha value is -1.35. The van der Waals surface area contributed by atoms with Crippen molar-refractivity contribution in [3.63, 3.8) is 0 Å². The number of pyridine rings is 1.